The minimum Gasteiger partial charge on any atom is -0.318 e. The van der Waals surface area contributed by atoms with E-state index in [-0.39, 0.29) is 0 Å². The maximum absolute atomic E-state index is 4.06. The van der Waals surface area contributed by atoms with E-state index in [0.717, 1.165) is 5.70 Å². The fraction of sp³-hybridized carbons (Fsp3) is 0.385. The molecule has 1 heterocycles. The van der Waals surface area contributed by atoms with Crippen LogP contribution in [0.5, 0.6) is 0 Å². The number of allylic oxidation sites excluding steroid dienone is 4. The Hall–Kier alpha value is -0.810. The van der Waals surface area contributed by atoms with Gasteiger partial charge in [0.25, 0.3) is 0 Å². The molecule has 0 radical (unpaired) electrons. The van der Waals surface area contributed by atoms with Gasteiger partial charge >= 0.3 is 0 Å². The number of hydrogen-bond acceptors (Lipinski definition) is 1. The summed E-state index contributed by atoms with van der Waals surface area (Å²) in [7, 11) is 2.81. The Kier molecular flexibility index (Phi) is 3.93. The molecule has 0 spiro atoms. The molecule has 0 bridgehead atoms. The topological polar surface area (TPSA) is 3.24 Å². The Morgan fingerprint density at radius 1 is 1.47 bits per heavy atom. The van der Waals surface area contributed by atoms with Crippen LogP contribution in [-0.4, -0.2) is 4.90 Å². The molecular weight excluding hydrogens is 201 g/mol. The largest absolute Gasteiger partial charge is 0.318 e. The fourth-order valence-electron chi connectivity index (χ4n) is 1.39. The first kappa shape index (κ1) is 12.3. The Morgan fingerprint density at radius 3 is 2.53 bits per heavy atom. The number of nitrogens with zero attached hydrogens (tertiary/aromatic N) is 1. The summed E-state index contributed by atoms with van der Waals surface area (Å²) in [6.45, 7) is 12.7. The van der Waals surface area contributed by atoms with Crippen LogP contribution in [0.3, 0.4) is 0 Å². The lowest BCUT2D eigenvalue weighted by atomic mass is 10.1. The Balaban J connectivity index is 2.98. The van der Waals surface area contributed by atoms with Gasteiger partial charge in [-0.1, -0.05) is 29.7 Å². The lowest BCUT2D eigenvalue weighted by molar-refractivity contribution is 0.603. The van der Waals surface area contributed by atoms with Gasteiger partial charge in [-0.05, 0) is 43.1 Å². The summed E-state index contributed by atoms with van der Waals surface area (Å²) in [6, 6.07) is 0. The summed E-state index contributed by atoms with van der Waals surface area (Å²) in [5.74, 6) is 0.561. The molecule has 1 aliphatic rings. The summed E-state index contributed by atoms with van der Waals surface area (Å²) >= 11 is 0. The van der Waals surface area contributed by atoms with Gasteiger partial charge in [0.2, 0.25) is 0 Å². The van der Waals surface area contributed by atoms with Crippen LogP contribution in [0.15, 0.2) is 47.2 Å². The SMILES string of the molecule is C=C1C=C(C)C=CN1/C(P)=C(\C)C(C)C. The van der Waals surface area contributed by atoms with Crippen molar-refractivity contribution in [1.29, 1.82) is 0 Å². The van der Waals surface area contributed by atoms with Gasteiger partial charge in [0.05, 0.1) is 0 Å². The van der Waals surface area contributed by atoms with Crippen molar-refractivity contribution in [2.75, 3.05) is 0 Å². The van der Waals surface area contributed by atoms with E-state index in [1.165, 1.54) is 16.6 Å². The van der Waals surface area contributed by atoms with Gasteiger partial charge in [-0.3, -0.25) is 0 Å². The van der Waals surface area contributed by atoms with Crippen molar-refractivity contribution in [3.63, 3.8) is 0 Å². The summed E-state index contributed by atoms with van der Waals surface area (Å²) in [6.07, 6.45) is 6.27. The van der Waals surface area contributed by atoms with E-state index in [2.05, 4.69) is 66.8 Å². The second kappa shape index (κ2) is 4.81. The second-order valence-electron chi connectivity index (χ2n) is 4.29. The van der Waals surface area contributed by atoms with Crippen LogP contribution in [0.25, 0.3) is 0 Å². The average molecular weight is 221 g/mol. The van der Waals surface area contributed by atoms with Crippen molar-refractivity contribution in [3.05, 3.63) is 47.2 Å². The molecule has 1 unspecified atom stereocenters. The smallest absolute Gasteiger partial charge is 0.0388 e. The van der Waals surface area contributed by atoms with Gasteiger partial charge in [0.1, 0.15) is 0 Å². The van der Waals surface area contributed by atoms with Crippen LogP contribution in [0.4, 0.5) is 0 Å². The van der Waals surface area contributed by atoms with Crippen LogP contribution in [0.2, 0.25) is 0 Å². The minimum atomic E-state index is 0.561. The Labute approximate surface area is 95.4 Å². The maximum Gasteiger partial charge on any atom is 0.0388 e. The van der Waals surface area contributed by atoms with Gasteiger partial charge < -0.3 is 4.90 Å². The third-order valence-electron chi connectivity index (χ3n) is 2.72. The van der Waals surface area contributed by atoms with Crippen LogP contribution >= 0.6 is 9.24 Å². The van der Waals surface area contributed by atoms with Gasteiger partial charge in [-0.25, -0.2) is 0 Å². The lowest BCUT2D eigenvalue weighted by Crippen LogP contribution is -2.15. The van der Waals surface area contributed by atoms with Crippen molar-refractivity contribution >= 4 is 9.24 Å². The van der Waals surface area contributed by atoms with Crippen LogP contribution in [0.1, 0.15) is 27.7 Å². The highest BCUT2D eigenvalue weighted by Gasteiger charge is 2.12. The average Bonchev–Trinajstić information content (AvgIpc) is 2.15. The predicted octanol–water partition coefficient (Wildman–Crippen LogP) is 4.04. The molecule has 0 N–H and O–H groups in total. The van der Waals surface area contributed by atoms with E-state index in [1.54, 1.807) is 0 Å². The molecule has 2 heteroatoms. The standard InChI is InChI=1S/C13H20NP/c1-9(2)12(5)13(15)14-7-6-10(3)8-11(14)4/h6-9H,4,15H2,1-3,5H3/b13-12-. The first-order valence-electron chi connectivity index (χ1n) is 5.24. The van der Waals surface area contributed by atoms with E-state index in [9.17, 15) is 0 Å². The molecule has 0 fully saturated rings. The first-order valence-corrected chi connectivity index (χ1v) is 5.82. The summed E-state index contributed by atoms with van der Waals surface area (Å²) < 4.78 is 0. The minimum absolute atomic E-state index is 0.561. The van der Waals surface area contributed by atoms with E-state index < -0.39 is 0 Å². The number of rotatable bonds is 2. The van der Waals surface area contributed by atoms with Gasteiger partial charge in [0, 0.05) is 17.3 Å². The molecule has 15 heavy (non-hydrogen) atoms. The van der Waals surface area contributed by atoms with Gasteiger partial charge in [0.15, 0.2) is 0 Å². The van der Waals surface area contributed by atoms with Crippen molar-refractivity contribution in [3.8, 4) is 0 Å². The molecule has 0 saturated carbocycles. The highest BCUT2D eigenvalue weighted by molar-refractivity contribution is 7.22. The quantitative estimate of drug-likeness (QED) is 0.636. The maximum atomic E-state index is 4.06. The monoisotopic (exact) mass is 221 g/mol. The molecule has 1 rings (SSSR count). The normalized spacial score (nSPS) is 18.1. The van der Waals surface area contributed by atoms with Crippen molar-refractivity contribution in [2.45, 2.75) is 27.7 Å². The molecule has 82 valence electrons. The van der Waals surface area contributed by atoms with Crippen molar-refractivity contribution in [2.24, 2.45) is 5.92 Å². The number of hydrogen-bond donors (Lipinski definition) is 0. The molecule has 0 aromatic rings. The predicted molar refractivity (Wildman–Crippen MR) is 71.1 cm³/mol. The first-order chi connectivity index (χ1) is 6.93. The van der Waals surface area contributed by atoms with E-state index in [0.29, 0.717) is 5.92 Å². The van der Waals surface area contributed by atoms with Crippen molar-refractivity contribution < 1.29 is 0 Å². The van der Waals surface area contributed by atoms with Crippen LogP contribution in [-0.2, 0) is 0 Å². The summed E-state index contributed by atoms with van der Waals surface area (Å²) in [4.78, 5) is 2.12. The second-order valence-corrected chi connectivity index (χ2v) is 4.84. The summed E-state index contributed by atoms with van der Waals surface area (Å²) in [5, 5.41) is 0. The van der Waals surface area contributed by atoms with Crippen LogP contribution in [0, 0.1) is 5.92 Å². The molecule has 0 saturated heterocycles. The zero-order valence-electron chi connectivity index (χ0n) is 10.0. The Bertz CT molecular complexity index is 359. The molecule has 0 amide bonds. The zero-order valence-corrected chi connectivity index (χ0v) is 11.2. The van der Waals surface area contributed by atoms with E-state index in [1.807, 2.05) is 0 Å². The van der Waals surface area contributed by atoms with Crippen LogP contribution < -0.4 is 0 Å². The zero-order chi connectivity index (χ0) is 11.6. The summed E-state index contributed by atoms with van der Waals surface area (Å²) in [5.41, 5.74) is 4.85. The third kappa shape index (κ3) is 2.82. The molecule has 0 aliphatic carbocycles. The fourth-order valence-corrected chi connectivity index (χ4v) is 1.97. The van der Waals surface area contributed by atoms with Gasteiger partial charge in [-0.2, -0.15) is 0 Å². The molecule has 0 aromatic heterocycles. The highest BCUT2D eigenvalue weighted by Crippen LogP contribution is 2.29. The molecule has 1 aliphatic heterocycles. The lowest BCUT2D eigenvalue weighted by Gasteiger charge is -2.27. The third-order valence-corrected chi connectivity index (χ3v) is 3.45. The molecule has 1 atom stereocenters. The van der Waals surface area contributed by atoms with E-state index in [4.69, 9.17) is 0 Å². The highest BCUT2D eigenvalue weighted by atomic mass is 31.0. The molecular formula is C13H20NP. The molecule has 0 aromatic carbocycles. The van der Waals surface area contributed by atoms with Crippen molar-refractivity contribution in [1.82, 2.24) is 4.90 Å². The Morgan fingerprint density at radius 2 is 2.07 bits per heavy atom. The molecule has 1 nitrogen and oxygen atoms in total. The van der Waals surface area contributed by atoms with Gasteiger partial charge in [-0.15, -0.1) is 0 Å². The van der Waals surface area contributed by atoms with E-state index >= 15 is 0 Å².